The lowest BCUT2D eigenvalue weighted by molar-refractivity contribution is 0.177. The van der Waals surface area contributed by atoms with Crippen molar-refractivity contribution in [3.8, 4) is 0 Å². The largest absolute Gasteiger partial charge is 0.298 e. The summed E-state index contributed by atoms with van der Waals surface area (Å²) in [6.45, 7) is 10.0. The Bertz CT molecular complexity index is 236. The number of hydrogen-bond acceptors (Lipinski definition) is 4. The number of aromatic nitrogens is 2. The van der Waals surface area contributed by atoms with Crippen molar-refractivity contribution in [3.63, 3.8) is 0 Å². The fourth-order valence-corrected chi connectivity index (χ4v) is 2.16. The van der Waals surface area contributed by atoms with Crippen LogP contribution in [0.25, 0.3) is 0 Å². The van der Waals surface area contributed by atoms with Gasteiger partial charge in [-0.1, -0.05) is 0 Å². The molecule has 0 saturated heterocycles. The van der Waals surface area contributed by atoms with E-state index in [1.54, 1.807) is 16.8 Å². The Balaban J connectivity index is 2.41. The third kappa shape index (κ3) is 3.35. The first-order chi connectivity index (χ1) is 6.61. The van der Waals surface area contributed by atoms with E-state index in [4.69, 9.17) is 0 Å². The zero-order chi connectivity index (χ0) is 10.6. The molecule has 0 aromatic carbocycles. The first kappa shape index (κ1) is 11.6. The summed E-state index contributed by atoms with van der Waals surface area (Å²) in [7, 11) is 0. The summed E-state index contributed by atoms with van der Waals surface area (Å²) in [6, 6.07) is 1.20. The van der Waals surface area contributed by atoms with Gasteiger partial charge in [-0.2, -0.15) is 0 Å². The molecule has 3 nitrogen and oxygen atoms in total. The molecular weight excluding hydrogens is 194 g/mol. The summed E-state index contributed by atoms with van der Waals surface area (Å²) in [4.78, 5) is 2.47. The molecule has 0 radical (unpaired) electrons. The highest BCUT2D eigenvalue weighted by molar-refractivity contribution is 7.09. The van der Waals surface area contributed by atoms with Crippen LogP contribution < -0.4 is 0 Å². The van der Waals surface area contributed by atoms with Crippen molar-refractivity contribution in [3.05, 3.63) is 10.5 Å². The third-order valence-electron chi connectivity index (χ3n) is 2.32. The van der Waals surface area contributed by atoms with E-state index in [1.807, 2.05) is 0 Å². The van der Waals surface area contributed by atoms with E-state index in [2.05, 4.69) is 42.8 Å². The molecule has 14 heavy (non-hydrogen) atoms. The van der Waals surface area contributed by atoms with Crippen molar-refractivity contribution in [1.82, 2.24) is 15.1 Å². The van der Waals surface area contributed by atoms with Crippen molar-refractivity contribution >= 4 is 11.3 Å². The number of rotatable bonds is 5. The van der Waals surface area contributed by atoms with E-state index in [-0.39, 0.29) is 0 Å². The lowest BCUT2D eigenvalue weighted by Crippen LogP contribution is -2.38. The van der Waals surface area contributed by atoms with Crippen LogP contribution in [0.2, 0.25) is 0 Å². The molecule has 1 aromatic rings. The Labute approximate surface area is 90.2 Å². The van der Waals surface area contributed by atoms with Crippen molar-refractivity contribution in [2.75, 3.05) is 6.54 Å². The first-order valence-electron chi connectivity index (χ1n) is 5.12. The topological polar surface area (TPSA) is 29.0 Å². The van der Waals surface area contributed by atoms with Crippen LogP contribution in [0.1, 0.15) is 32.7 Å². The third-order valence-corrected chi connectivity index (χ3v) is 3.07. The lowest BCUT2D eigenvalue weighted by Gasteiger charge is -2.30. The zero-order valence-electron chi connectivity index (χ0n) is 9.40. The standard InChI is InChI=1S/C10H19N3S/c1-8(2)13(9(3)4)6-5-10-12-11-7-14-10/h7-9H,5-6H2,1-4H3. The van der Waals surface area contributed by atoms with Crippen molar-refractivity contribution < 1.29 is 0 Å². The first-order valence-corrected chi connectivity index (χ1v) is 6.00. The summed E-state index contributed by atoms with van der Waals surface area (Å²) in [5.41, 5.74) is 1.80. The molecule has 4 heteroatoms. The van der Waals surface area contributed by atoms with Gasteiger partial charge in [-0.15, -0.1) is 21.5 Å². The van der Waals surface area contributed by atoms with Gasteiger partial charge < -0.3 is 0 Å². The smallest absolute Gasteiger partial charge is 0.118 e. The Morgan fingerprint density at radius 2 is 1.93 bits per heavy atom. The van der Waals surface area contributed by atoms with Crippen LogP contribution >= 0.6 is 11.3 Å². The zero-order valence-corrected chi connectivity index (χ0v) is 10.2. The number of nitrogens with zero attached hydrogens (tertiary/aromatic N) is 3. The molecule has 0 amide bonds. The molecule has 0 saturated carbocycles. The predicted octanol–water partition coefficient (Wildman–Crippen LogP) is 2.20. The summed E-state index contributed by atoms with van der Waals surface area (Å²) < 4.78 is 0. The second-order valence-corrected chi connectivity index (χ2v) is 4.93. The molecular formula is C10H19N3S. The molecule has 0 aliphatic carbocycles. The Morgan fingerprint density at radius 1 is 1.29 bits per heavy atom. The monoisotopic (exact) mass is 213 g/mol. The van der Waals surface area contributed by atoms with Gasteiger partial charge in [0.15, 0.2) is 0 Å². The van der Waals surface area contributed by atoms with Gasteiger partial charge in [0, 0.05) is 25.0 Å². The molecule has 0 fully saturated rings. The van der Waals surface area contributed by atoms with Crippen LogP contribution in [0.4, 0.5) is 0 Å². The van der Waals surface area contributed by atoms with Gasteiger partial charge in [0.25, 0.3) is 0 Å². The predicted molar refractivity (Wildman–Crippen MR) is 60.6 cm³/mol. The summed E-state index contributed by atoms with van der Waals surface area (Å²) >= 11 is 1.64. The van der Waals surface area contributed by atoms with Crippen LogP contribution in [0, 0.1) is 0 Å². The fraction of sp³-hybridized carbons (Fsp3) is 0.800. The van der Waals surface area contributed by atoms with E-state index in [1.165, 1.54) is 0 Å². The summed E-state index contributed by atoms with van der Waals surface area (Å²) in [5.74, 6) is 0. The maximum absolute atomic E-state index is 4.05. The molecule has 0 N–H and O–H groups in total. The van der Waals surface area contributed by atoms with Crippen LogP contribution in [-0.4, -0.2) is 33.7 Å². The molecule has 0 aliphatic heterocycles. The Hall–Kier alpha value is -0.480. The minimum Gasteiger partial charge on any atom is -0.298 e. The maximum Gasteiger partial charge on any atom is 0.118 e. The Morgan fingerprint density at radius 3 is 2.36 bits per heavy atom. The van der Waals surface area contributed by atoms with Gasteiger partial charge >= 0.3 is 0 Å². The molecule has 80 valence electrons. The van der Waals surface area contributed by atoms with E-state index in [0.717, 1.165) is 18.0 Å². The van der Waals surface area contributed by atoms with Gasteiger partial charge in [-0.25, -0.2) is 0 Å². The molecule has 1 aromatic heterocycles. The average Bonchev–Trinajstić information content (AvgIpc) is 2.55. The SMILES string of the molecule is CC(C)N(CCc1nncs1)C(C)C. The van der Waals surface area contributed by atoms with Gasteiger partial charge in [0.1, 0.15) is 10.5 Å². The summed E-state index contributed by atoms with van der Waals surface area (Å²) in [5, 5.41) is 9.02. The highest BCUT2D eigenvalue weighted by Crippen LogP contribution is 2.08. The highest BCUT2D eigenvalue weighted by atomic mass is 32.1. The average molecular weight is 213 g/mol. The Kier molecular flexibility index (Phi) is 4.48. The van der Waals surface area contributed by atoms with Crippen LogP contribution in [0.15, 0.2) is 5.51 Å². The quantitative estimate of drug-likeness (QED) is 0.751. The van der Waals surface area contributed by atoms with Gasteiger partial charge in [0.05, 0.1) is 0 Å². The normalized spacial score (nSPS) is 11.9. The van der Waals surface area contributed by atoms with Gasteiger partial charge in [-0.05, 0) is 27.7 Å². The van der Waals surface area contributed by atoms with Gasteiger partial charge in [0.2, 0.25) is 0 Å². The minimum atomic E-state index is 0.600. The van der Waals surface area contributed by atoms with Crippen LogP contribution in [0.3, 0.4) is 0 Å². The minimum absolute atomic E-state index is 0.600. The van der Waals surface area contributed by atoms with E-state index in [0.29, 0.717) is 12.1 Å². The van der Waals surface area contributed by atoms with Crippen LogP contribution in [-0.2, 0) is 6.42 Å². The highest BCUT2D eigenvalue weighted by Gasteiger charge is 2.13. The molecule has 0 aliphatic rings. The van der Waals surface area contributed by atoms with Gasteiger partial charge in [-0.3, -0.25) is 4.90 Å². The molecule has 1 heterocycles. The number of hydrogen-bond donors (Lipinski definition) is 0. The molecule has 1 rings (SSSR count). The van der Waals surface area contributed by atoms with Crippen molar-refractivity contribution in [2.45, 2.75) is 46.2 Å². The van der Waals surface area contributed by atoms with E-state index < -0.39 is 0 Å². The molecule has 0 atom stereocenters. The molecule has 0 bridgehead atoms. The maximum atomic E-state index is 4.05. The van der Waals surface area contributed by atoms with E-state index in [9.17, 15) is 0 Å². The van der Waals surface area contributed by atoms with Crippen LogP contribution in [0.5, 0.6) is 0 Å². The van der Waals surface area contributed by atoms with Crippen molar-refractivity contribution in [2.24, 2.45) is 0 Å². The second-order valence-electron chi connectivity index (χ2n) is 4.01. The molecule has 0 unspecified atom stereocenters. The molecule has 0 spiro atoms. The second kappa shape index (κ2) is 5.41. The fourth-order valence-electron chi connectivity index (χ4n) is 1.64. The lowest BCUT2D eigenvalue weighted by atomic mass is 10.2. The van der Waals surface area contributed by atoms with Crippen molar-refractivity contribution in [1.29, 1.82) is 0 Å². The summed E-state index contributed by atoms with van der Waals surface area (Å²) in [6.07, 6.45) is 1.01. The van der Waals surface area contributed by atoms with E-state index >= 15 is 0 Å².